The smallest absolute Gasteiger partial charge is 0.306 e. The molecule has 0 aromatic heterocycles. The van der Waals surface area contributed by atoms with E-state index in [0.29, 0.717) is 19.3 Å². The Bertz CT molecular complexity index is 1180. The fourth-order valence-corrected chi connectivity index (χ4v) is 10.8. The van der Waals surface area contributed by atoms with E-state index in [2.05, 4.69) is 32.9 Å². The zero-order valence-electron chi connectivity index (χ0n) is 51.8. The molecule has 0 radical (unpaired) electrons. The van der Waals surface area contributed by atoms with Gasteiger partial charge >= 0.3 is 17.9 Å². The fourth-order valence-electron chi connectivity index (χ4n) is 10.8. The van der Waals surface area contributed by atoms with Gasteiger partial charge in [0.25, 0.3) is 0 Å². The summed E-state index contributed by atoms with van der Waals surface area (Å²) in [5, 5.41) is 0. The topological polar surface area (TPSA) is 78.9 Å². The van der Waals surface area contributed by atoms with E-state index in [1.54, 1.807) is 0 Å². The Kier molecular flexibility index (Phi) is 64.1. The van der Waals surface area contributed by atoms with Gasteiger partial charge < -0.3 is 14.2 Å². The van der Waals surface area contributed by atoms with Crippen LogP contribution in [0.5, 0.6) is 0 Å². The SMILES string of the molecule is CCCCCCCCCC/C=C\CCCCCCCCCCCCCC(=O)OC(COC(=O)CCCCCCCCCCC)COC(=O)CCCCCCCCCCCCCCCCCCCCCCCCCCCC. The molecule has 450 valence electrons. The molecule has 76 heavy (non-hydrogen) atoms. The van der Waals surface area contributed by atoms with Crippen LogP contribution in [-0.4, -0.2) is 37.2 Å². The van der Waals surface area contributed by atoms with Crippen molar-refractivity contribution in [1.82, 2.24) is 0 Å². The molecular formula is C70H134O6. The predicted molar refractivity (Wildman–Crippen MR) is 330 cm³/mol. The van der Waals surface area contributed by atoms with Crippen molar-refractivity contribution in [3.8, 4) is 0 Å². The summed E-state index contributed by atoms with van der Waals surface area (Å²) in [4.78, 5) is 38.3. The average molecular weight is 1070 g/mol. The summed E-state index contributed by atoms with van der Waals surface area (Å²) in [5.74, 6) is -0.836. The van der Waals surface area contributed by atoms with Gasteiger partial charge in [-0.05, 0) is 44.9 Å². The summed E-state index contributed by atoms with van der Waals surface area (Å²) in [6.07, 6.45) is 78.3. The summed E-state index contributed by atoms with van der Waals surface area (Å²) in [6.45, 7) is 6.70. The van der Waals surface area contributed by atoms with E-state index in [1.165, 1.54) is 302 Å². The molecule has 0 saturated heterocycles. The normalized spacial score (nSPS) is 12.0. The van der Waals surface area contributed by atoms with Crippen molar-refractivity contribution < 1.29 is 28.6 Å². The second kappa shape index (κ2) is 65.7. The lowest BCUT2D eigenvalue weighted by atomic mass is 10.0. The second-order valence-electron chi connectivity index (χ2n) is 23.8. The van der Waals surface area contributed by atoms with Crippen molar-refractivity contribution in [3.63, 3.8) is 0 Å². The number of carbonyl (C=O) groups excluding carboxylic acids is 3. The lowest BCUT2D eigenvalue weighted by Crippen LogP contribution is -2.30. The van der Waals surface area contributed by atoms with Crippen molar-refractivity contribution >= 4 is 17.9 Å². The van der Waals surface area contributed by atoms with Crippen LogP contribution in [0.15, 0.2) is 12.2 Å². The first-order valence-corrected chi connectivity index (χ1v) is 34.7. The second-order valence-corrected chi connectivity index (χ2v) is 23.8. The number of ether oxygens (including phenoxy) is 3. The summed E-state index contributed by atoms with van der Waals surface area (Å²) < 4.78 is 16.9. The lowest BCUT2D eigenvalue weighted by Gasteiger charge is -2.18. The van der Waals surface area contributed by atoms with E-state index in [9.17, 15) is 14.4 Å². The number of allylic oxidation sites excluding steroid dienone is 2. The third-order valence-electron chi connectivity index (χ3n) is 16.0. The number of hydrogen-bond acceptors (Lipinski definition) is 6. The first kappa shape index (κ1) is 74.2. The molecule has 6 nitrogen and oxygen atoms in total. The maximum Gasteiger partial charge on any atom is 0.306 e. The van der Waals surface area contributed by atoms with Crippen molar-refractivity contribution in [3.05, 3.63) is 12.2 Å². The van der Waals surface area contributed by atoms with Gasteiger partial charge in [0.15, 0.2) is 6.10 Å². The van der Waals surface area contributed by atoms with Gasteiger partial charge in [0.2, 0.25) is 0 Å². The Morgan fingerprint density at radius 2 is 0.434 bits per heavy atom. The van der Waals surface area contributed by atoms with Crippen LogP contribution in [0, 0.1) is 0 Å². The van der Waals surface area contributed by atoms with Gasteiger partial charge in [-0.15, -0.1) is 0 Å². The maximum atomic E-state index is 12.9. The van der Waals surface area contributed by atoms with E-state index >= 15 is 0 Å². The molecule has 0 spiro atoms. The molecule has 0 fully saturated rings. The molecule has 1 atom stereocenters. The lowest BCUT2D eigenvalue weighted by molar-refractivity contribution is -0.167. The molecule has 0 rings (SSSR count). The highest BCUT2D eigenvalue weighted by molar-refractivity contribution is 5.71. The molecular weight excluding hydrogens is 937 g/mol. The molecule has 6 heteroatoms. The van der Waals surface area contributed by atoms with Crippen LogP contribution in [0.4, 0.5) is 0 Å². The molecule has 0 aliphatic heterocycles. The number of unbranched alkanes of at least 4 members (excludes halogenated alkanes) is 52. The Balaban J connectivity index is 4.10. The van der Waals surface area contributed by atoms with Crippen LogP contribution in [0.1, 0.15) is 400 Å². The minimum atomic E-state index is -0.765. The van der Waals surface area contributed by atoms with E-state index in [-0.39, 0.29) is 31.1 Å². The molecule has 0 N–H and O–H groups in total. The number of hydrogen-bond donors (Lipinski definition) is 0. The molecule has 0 aromatic rings. The van der Waals surface area contributed by atoms with Gasteiger partial charge in [0.05, 0.1) is 0 Å². The standard InChI is InChI=1S/C70H134O6/c1-4-7-10-13-16-19-21-23-25-27-29-31-33-34-35-37-38-40-42-44-46-48-51-54-57-60-63-69(72)75-66-67(65-74-68(71)62-59-56-53-50-18-15-12-9-6-3)76-70(73)64-61-58-55-52-49-47-45-43-41-39-36-32-30-28-26-24-22-20-17-14-11-8-5-2/h28,30,67H,4-27,29,31-66H2,1-3H3/b30-28-. The molecule has 0 aromatic carbocycles. The zero-order chi connectivity index (χ0) is 55.0. The number of esters is 3. The highest BCUT2D eigenvalue weighted by atomic mass is 16.6. The summed E-state index contributed by atoms with van der Waals surface area (Å²) in [5.41, 5.74) is 0. The van der Waals surface area contributed by atoms with E-state index in [1.807, 2.05) is 0 Å². The van der Waals surface area contributed by atoms with Crippen molar-refractivity contribution in [2.45, 2.75) is 406 Å². The molecule has 0 aliphatic carbocycles. The Labute approximate surface area is 475 Å². The van der Waals surface area contributed by atoms with Crippen LogP contribution in [-0.2, 0) is 28.6 Å². The highest BCUT2D eigenvalue weighted by Gasteiger charge is 2.19. The largest absolute Gasteiger partial charge is 0.462 e. The van der Waals surface area contributed by atoms with E-state index in [4.69, 9.17) is 14.2 Å². The van der Waals surface area contributed by atoms with E-state index < -0.39 is 6.10 Å². The van der Waals surface area contributed by atoms with Crippen LogP contribution < -0.4 is 0 Å². The highest BCUT2D eigenvalue weighted by Crippen LogP contribution is 2.19. The zero-order valence-corrected chi connectivity index (χ0v) is 51.8. The average Bonchev–Trinajstić information content (AvgIpc) is 3.42. The minimum absolute atomic E-state index is 0.0637. The minimum Gasteiger partial charge on any atom is -0.462 e. The quantitative estimate of drug-likeness (QED) is 0.0261. The molecule has 0 heterocycles. The number of rotatable bonds is 65. The molecule has 0 saturated carbocycles. The van der Waals surface area contributed by atoms with Gasteiger partial charge in [0, 0.05) is 19.3 Å². The Morgan fingerprint density at radius 1 is 0.250 bits per heavy atom. The van der Waals surface area contributed by atoms with Crippen LogP contribution >= 0.6 is 0 Å². The van der Waals surface area contributed by atoms with Gasteiger partial charge in [-0.3, -0.25) is 14.4 Å². The maximum absolute atomic E-state index is 12.9. The van der Waals surface area contributed by atoms with Gasteiger partial charge in [-0.2, -0.15) is 0 Å². The van der Waals surface area contributed by atoms with Gasteiger partial charge in [-0.25, -0.2) is 0 Å². The fraction of sp³-hybridized carbons (Fsp3) is 0.929. The number of carbonyl (C=O) groups is 3. The summed E-state index contributed by atoms with van der Waals surface area (Å²) in [7, 11) is 0. The first-order chi connectivity index (χ1) is 37.5. The van der Waals surface area contributed by atoms with Crippen molar-refractivity contribution in [2.75, 3.05) is 13.2 Å². The molecule has 0 bridgehead atoms. The van der Waals surface area contributed by atoms with Gasteiger partial charge in [0.1, 0.15) is 13.2 Å². The van der Waals surface area contributed by atoms with Gasteiger partial charge in [-0.1, -0.05) is 348 Å². The molecule has 1 unspecified atom stereocenters. The predicted octanol–water partition coefficient (Wildman–Crippen LogP) is 23.6. The third kappa shape index (κ3) is 63.0. The van der Waals surface area contributed by atoms with Crippen LogP contribution in [0.3, 0.4) is 0 Å². The van der Waals surface area contributed by atoms with E-state index in [0.717, 1.165) is 57.8 Å². The van der Waals surface area contributed by atoms with Crippen LogP contribution in [0.25, 0.3) is 0 Å². The third-order valence-corrected chi connectivity index (χ3v) is 16.0. The van der Waals surface area contributed by atoms with Crippen LogP contribution in [0.2, 0.25) is 0 Å². The Hall–Kier alpha value is -1.85. The molecule has 0 amide bonds. The van der Waals surface area contributed by atoms with Crippen molar-refractivity contribution in [1.29, 1.82) is 0 Å². The summed E-state index contributed by atoms with van der Waals surface area (Å²) >= 11 is 0. The Morgan fingerprint density at radius 3 is 0.658 bits per heavy atom. The van der Waals surface area contributed by atoms with Crippen molar-refractivity contribution in [2.24, 2.45) is 0 Å². The summed E-state index contributed by atoms with van der Waals surface area (Å²) in [6, 6.07) is 0. The monoisotopic (exact) mass is 1070 g/mol. The molecule has 0 aliphatic rings. The first-order valence-electron chi connectivity index (χ1n) is 34.7.